The number of Topliss-reactive ketones (excluding diaryl/α,β-unsaturated/α-hetero) is 1. The molecule has 0 spiro atoms. The number of carbonyl (C=O) groups excluding carboxylic acids is 1. The van der Waals surface area contributed by atoms with Crippen molar-refractivity contribution in [2.75, 3.05) is 5.75 Å². The molecule has 0 saturated carbocycles. The van der Waals surface area contributed by atoms with Gasteiger partial charge in [-0.25, -0.2) is 4.98 Å². The van der Waals surface area contributed by atoms with Crippen LogP contribution in [0.4, 0.5) is 0 Å². The van der Waals surface area contributed by atoms with Crippen LogP contribution in [0.3, 0.4) is 0 Å². The van der Waals surface area contributed by atoms with Crippen LogP contribution in [0.2, 0.25) is 0 Å². The molecule has 0 fully saturated rings. The molecule has 6 nitrogen and oxygen atoms in total. The quantitative estimate of drug-likeness (QED) is 0.382. The summed E-state index contributed by atoms with van der Waals surface area (Å²) in [6.07, 6.45) is 0.750. The van der Waals surface area contributed by atoms with Gasteiger partial charge in [-0.3, -0.25) is 14.2 Å². The fourth-order valence-corrected chi connectivity index (χ4v) is 3.74. The third-order valence-electron chi connectivity index (χ3n) is 4.42. The number of ketones is 1. The van der Waals surface area contributed by atoms with E-state index in [4.69, 9.17) is 0 Å². The lowest BCUT2D eigenvalue weighted by atomic mass is 10.1. The first-order valence-electron chi connectivity index (χ1n) is 8.61. The summed E-state index contributed by atoms with van der Waals surface area (Å²) >= 11 is 1.16. The lowest BCUT2D eigenvalue weighted by Gasteiger charge is -2.18. The molecule has 3 aromatic rings. The number of rotatable bonds is 6. The van der Waals surface area contributed by atoms with Crippen LogP contribution < -0.4 is 5.56 Å². The van der Waals surface area contributed by atoms with Gasteiger partial charge >= 0.3 is 0 Å². The van der Waals surface area contributed by atoms with E-state index in [0.717, 1.165) is 24.2 Å². The van der Waals surface area contributed by atoms with Crippen LogP contribution in [0.5, 0.6) is 11.5 Å². The number of benzene rings is 2. The summed E-state index contributed by atoms with van der Waals surface area (Å²) in [6, 6.07) is 10.9. The maximum absolute atomic E-state index is 12.9. The van der Waals surface area contributed by atoms with Gasteiger partial charge in [0.15, 0.2) is 10.9 Å². The molecule has 0 amide bonds. The Bertz CT molecular complexity index is 1060. The van der Waals surface area contributed by atoms with Gasteiger partial charge in [0.25, 0.3) is 5.56 Å². The Labute approximate surface area is 160 Å². The predicted octanol–water partition coefficient (Wildman–Crippen LogP) is 3.75. The fourth-order valence-electron chi connectivity index (χ4n) is 2.76. The third kappa shape index (κ3) is 3.83. The Balaban J connectivity index is 1.96. The van der Waals surface area contributed by atoms with Crippen LogP contribution in [0, 0.1) is 0 Å². The number of phenolic OH excluding ortho intramolecular Hbond substituents is 2. The molecule has 7 heteroatoms. The minimum absolute atomic E-state index is 0.0134. The monoisotopic (exact) mass is 384 g/mol. The minimum atomic E-state index is -0.310. The minimum Gasteiger partial charge on any atom is -0.508 e. The molecule has 0 aliphatic rings. The smallest absolute Gasteiger partial charge is 0.262 e. The highest BCUT2D eigenvalue weighted by Gasteiger charge is 2.18. The Morgan fingerprint density at radius 2 is 1.96 bits per heavy atom. The van der Waals surface area contributed by atoms with Crippen LogP contribution in [-0.4, -0.2) is 31.3 Å². The molecule has 0 aliphatic heterocycles. The van der Waals surface area contributed by atoms with Crippen LogP contribution in [0.25, 0.3) is 10.9 Å². The molecule has 1 heterocycles. The van der Waals surface area contributed by atoms with Crippen molar-refractivity contribution in [3.8, 4) is 11.5 Å². The molecule has 27 heavy (non-hydrogen) atoms. The maximum atomic E-state index is 12.9. The molecular weight excluding hydrogens is 364 g/mol. The molecule has 3 rings (SSSR count). The van der Waals surface area contributed by atoms with Gasteiger partial charge in [0.05, 0.1) is 22.2 Å². The zero-order chi connectivity index (χ0) is 19.6. The van der Waals surface area contributed by atoms with E-state index in [0.29, 0.717) is 16.1 Å². The van der Waals surface area contributed by atoms with Crippen LogP contribution >= 0.6 is 11.8 Å². The number of aromatic nitrogens is 2. The Kier molecular flexibility index (Phi) is 5.51. The zero-order valence-electron chi connectivity index (χ0n) is 15.0. The van der Waals surface area contributed by atoms with Gasteiger partial charge in [-0.05, 0) is 37.6 Å². The topological polar surface area (TPSA) is 92.4 Å². The van der Waals surface area contributed by atoms with Crippen molar-refractivity contribution < 1.29 is 15.0 Å². The summed E-state index contributed by atoms with van der Waals surface area (Å²) in [6.45, 7) is 3.93. The normalized spacial score (nSPS) is 12.2. The lowest BCUT2D eigenvalue weighted by Crippen LogP contribution is -2.26. The van der Waals surface area contributed by atoms with E-state index in [1.165, 1.54) is 12.1 Å². The Hall–Kier alpha value is -2.80. The first kappa shape index (κ1) is 19.0. The van der Waals surface area contributed by atoms with Gasteiger partial charge in [-0.2, -0.15) is 0 Å². The largest absolute Gasteiger partial charge is 0.508 e. The van der Waals surface area contributed by atoms with Gasteiger partial charge in [0.2, 0.25) is 0 Å². The molecule has 1 aromatic heterocycles. The SMILES string of the molecule is CC[C@@H](C)n1c(SCC(=O)c2ccc(O)cc2O)nc2ccccc2c1=O. The van der Waals surface area contributed by atoms with E-state index in [-0.39, 0.29) is 40.2 Å². The van der Waals surface area contributed by atoms with E-state index in [2.05, 4.69) is 4.98 Å². The molecule has 2 aromatic carbocycles. The number of nitrogens with zero attached hydrogens (tertiary/aromatic N) is 2. The second-order valence-electron chi connectivity index (χ2n) is 6.26. The third-order valence-corrected chi connectivity index (χ3v) is 5.37. The highest BCUT2D eigenvalue weighted by Crippen LogP contribution is 2.27. The number of carbonyl (C=O) groups is 1. The van der Waals surface area contributed by atoms with Crippen LogP contribution in [-0.2, 0) is 0 Å². The summed E-state index contributed by atoms with van der Waals surface area (Å²) in [7, 11) is 0. The van der Waals surface area contributed by atoms with Gasteiger partial charge < -0.3 is 10.2 Å². The van der Waals surface area contributed by atoms with E-state index in [9.17, 15) is 19.8 Å². The van der Waals surface area contributed by atoms with Gasteiger partial charge in [0, 0.05) is 12.1 Å². The maximum Gasteiger partial charge on any atom is 0.262 e. The van der Waals surface area contributed by atoms with Crippen molar-refractivity contribution in [1.82, 2.24) is 9.55 Å². The number of aromatic hydroxyl groups is 2. The lowest BCUT2D eigenvalue weighted by molar-refractivity contribution is 0.102. The number of phenols is 2. The summed E-state index contributed by atoms with van der Waals surface area (Å²) in [5.41, 5.74) is 0.584. The summed E-state index contributed by atoms with van der Waals surface area (Å²) < 4.78 is 1.62. The summed E-state index contributed by atoms with van der Waals surface area (Å²) in [5.74, 6) is -0.681. The summed E-state index contributed by atoms with van der Waals surface area (Å²) in [4.78, 5) is 30.0. The second-order valence-corrected chi connectivity index (χ2v) is 7.20. The number of thioether (sulfide) groups is 1. The number of para-hydroxylation sites is 1. The Morgan fingerprint density at radius 1 is 1.22 bits per heavy atom. The van der Waals surface area contributed by atoms with Gasteiger partial charge in [0.1, 0.15) is 11.5 Å². The molecule has 0 unspecified atom stereocenters. The van der Waals surface area contributed by atoms with Crippen molar-refractivity contribution in [2.45, 2.75) is 31.5 Å². The highest BCUT2D eigenvalue weighted by molar-refractivity contribution is 7.99. The molecule has 140 valence electrons. The van der Waals surface area contributed by atoms with Crippen molar-refractivity contribution in [3.63, 3.8) is 0 Å². The number of hydrogen-bond acceptors (Lipinski definition) is 6. The van der Waals surface area contributed by atoms with E-state index < -0.39 is 0 Å². The zero-order valence-corrected chi connectivity index (χ0v) is 15.9. The van der Waals surface area contributed by atoms with Gasteiger partial charge in [-0.15, -0.1) is 0 Å². The standard InChI is InChI=1S/C20H20N2O4S/c1-3-12(2)22-19(26)14-6-4-5-7-16(14)21-20(22)27-11-18(25)15-9-8-13(23)10-17(15)24/h4-10,12,23-24H,3,11H2,1-2H3/t12-/m1/s1. The first-order valence-corrected chi connectivity index (χ1v) is 9.60. The van der Waals surface area contributed by atoms with Crippen LogP contribution in [0.1, 0.15) is 36.7 Å². The molecule has 0 aliphatic carbocycles. The van der Waals surface area contributed by atoms with Crippen LogP contribution in [0.15, 0.2) is 52.4 Å². The number of hydrogen-bond donors (Lipinski definition) is 2. The molecular formula is C20H20N2O4S. The first-order chi connectivity index (χ1) is 12.9. The van der Waals surface area contributed by atoms with E-state index >= 15 is 0 Å². The van der Waals surface area contributed by atoms with Crippen molar-refractivity contribution in [2.24, 2.45) is 0 Å². The van der Waals surface area contributed by atoms with Crippen molar-refractivity contribution >= 4 is 28.4 Å². The average molecular weight is 384 g/mol. The molecule has 0 saturated heterocycles. The molecule has 2 N–H and O–H groups in total. The van der Waals surface area contributed by atoms with Gasteiger partial charge in [-0.1, -0.05) is 30.8 Å². The van der Waals surface area contributed by atoms with E-state index in [1.807, 2.05) is 19.9 Å². The summed E-state index contributed by atoms with van der Waals surface area (Å²) in [5, 5.41) is 20.2. The highest BCUT2D eigenvalue weighted by atomic mass is 32.2. The molecule has 1 atom stereocenters. The van der Waals surface area contributed by atoms with Crippen molar-refractivity contribution in [3.05, 3.63) is 58.4 Å². The Morgan fingerprint density at radius 3 is 2.67 bits per heavy atom. The molecule has 0 radical (unpaired) electrons. The number of fused-ring (bicyclic) bond motifs is 1. The van der Waals surface area contributed by atoms with Crippen molar-refractivity contribution in [1.29, 1.82) is 0 Å². The molecule has 0 bridgehead atoms. The average Bonchev–Trinajstić information content (AvgIpc) is 2.65. The fraction of sp³-hybridized carbons (Fsp3) is 0.250. The van der Waals surface area contributed by atoms with E-state index in [1.54, 1.807) is 22.8 Å². The predicted molar refractivity (Wildman–Crippen MR) is 106 cm³/mol. The second kappa shape index (κ2) is 7.84.